The van der Waals surface area contributed by atoms with Crippen LogP contribution in [0.5, 0.6) is 0 Å². The highest BCUT2D eigenvalue weighted by Crippen LogP contribution is 2.21. The lowest BCUT2D eigenvalue weighted by Gasteiger charge is -2.36. The number of nitrogens with two attached hydrogens (primary N) is 1. The maximum absolute atomic E-state index is 12.6. The van der Waals surface area contributed by atoms with Crippen molar-refractivity contribution in [3.63, 3.8) is 0 Å². The van der Waals surface area contributed by atoms with Crippen LogP contribution in [0.2, 0.25) is 0 Å². The Bertz CT molecular complexity index is 443. The van der Waals surface area contributed by atoms with Gasteiger partial charge in [0.15, 0.2) is 0 Å². The number of piperidine rings is 1. The number of aromatic nitrogens is 1. The van der Waals surface area contributed by atoms with E-state index in [2.05, 4.69) is 22.9 Å². The molecule has 0 aromatic carbocycles. The summed E-state index contributed by atoms with van der Waals surface area (Å²) in [4.78, 5) is 14.5. The van der Waals surface area contributed by atoms with Crippen LogP contribution in [0.25, 0.3) is 0 Å². The van der Waals surface area contributed by atoms with E-state index < -0.39 is 0 Å². The number of hydrogen-bond acceptors (Lipinski definition) is 2. The van der Waals surface area contributed by atoms with Gasteiger partial charge in [0.2, 0.25) is 0 Å². The smallest absolute Gasteiger partial charge is 0.270 e. The van der Waals surface area contributed by atoms with E-state index in [4.69, 9.17) is 5.73 Å². The molecule has 1 aliphatic rings. The van der Waals surface area contributed by atoms with Crippen molar-refractivity contribution in [3.8, 4) is 0 Å². The first kappa shape index (κ1) is 13.6. The fourth-order valence-corrected chi connectivity index (χ4v) is 3.04. The van der Waals surface area contributed by atoms with Crippen molar-refractivity contribution < 1.29 is 4.79 Å². The number of hydrogen-bond donors (Lipinski definition) is 1. The highest BCUT2D eigenvalue weighted by molar-refractivity contribution is 9.10. The Morgan fingerprint density at radius 2 is 2.33 bits per heavy atom. The zero-order valence-electron chi connectivity index (χ0n) is 10.9. The van der Waals surface area contributed by atoms with Crippen LogP contribution in [0.3, 0.4) is 0 Å². The third kappa shape index (κ3) is 2.62. The summed E-state index contributed by atoms with van der Waals surface area (Å²) in [6.07, 6.45) is 3.73. The minimum Gasteiger partial charge on any atom is -0.343 e. The summed E-state index contributed by atoms with van der Waals surface area (Å²) < 4.78 is 2.93. The Hall–Kier alpha value is -0.810. The predicted molar refractivity (Wildman–Crippen MR) is 75.5 cm³/mol. The average Bonchev–Trinajstić information content (AvgIpc) is 2.69. The number of rotatable bonds is 2. The number of nitrogens with zero attached hydrogens (tertiary/aromatic N) is 2. The summed E-state index contributed by atoms with van der Waals surface area (Å²) >= 11 is 3.43. The standard InChI is InChI=1S/C13H20BrN3O/c1-3-16-8-10(14)7-12(16)13(18)17-5-4-11(15)6-9(17)2/h7-9,11H,3-6,15H2,1-2H3. The summed E-state index contributed by atoms with van der Waals surface area (Å²) in [6, 6.07) is 2.35. The van der Waals surface area contributed by atoms with E-state index in [-0.39, 0.29) is 18.0 Å². The molecular formula is C13H20BrN3O. The van der Waals surface area contributed by atoms with Crippen molar-refractivity contribution in [2.24, 2.45) is 5.73 Å². The van der Waals surface area contributed by atoms with Gasteiger partial charge >= 0.3 is 0 Å². The van der Waals surface area contributed by atoms with Crippen LogP contribution >= 0.6 is 15.9 Å². The zero-order valence-corrected chi connectivity index (χ0v) is 12.5. The number of carbonyl (C=O) groups excluding carboxylic acids is 1. The molecular weight excluding hydrogens is 294 g/mol. The molecule has 1 amide bonds. The fourth-order valence-electron chi connectivity index (χ4n) is 2.57. The molecule has 0 radical (unpaired) electrons. The molecule has 5 heteroatoms. The van der Waals surface area contributed by atoms with Gasteiger partial charge in [-0.2, -0.15) is 0 Å². The highest BCUT2D eigenvalue weighted by atomic mass is 79.9. The molecule has 0 spiro atoms. The van der Waals surface area contributed by atoms with E-state index in [1.165, 1.54) is 0 Å². The largest absolute Gasteiger partial charge is 0.343 e. The topological polar surface area (TPSA) is 51.3 Å². The molecule has 2 rings (SSSR count). The lowest BCUT2D eigenvalue weighted by atomic mass is 9.99. The SMILES string of the molecule is CCn1cc(Br)cc1C(=O)N1CCC(N)CC1C. The summed E-state index contributed by atoms with van der Waals surface area (Å²) in [7, 11) is 0. The second kappa shape index (κ2) is 5.45. The third-order valence-electron chi connectivity index (χ3n) is 3.60. The van der Waals surface area contributed by atoms with E-state index in [1.807, 2.05) is 28.7 Å². The molecule has 18 heavy (non-hydrogen) atoms. The first-order valence-corrected chi connectivity index (χ1v) is 7.24. The zero-order chi connectivity index (χ0) is 13.3. The third-order valence-corrected chi connectivity index (χ3v) is 4.03. The van der Waals surface area contributed by atoms with Crippen LogP contribution < -0.4 is 5.73 Å². The van der Waals surface area contributed by atoms with Gasteiger partial charge < -0.3 is 15.2 Å². The molecule has 0 saturated carbocycles. The van der Waals surface area contributed by atoms with E-state index in [0.717, 1.165) is 36.1 Å². The number of aryl methyl sites for hydroxylation is 1. The molecule has 2 atom stereocenters. The predicted octanol–water partition coefficient (Wildman–Crippen LogP) is 2.22. The van der Waals surface area contributed by atoms with Crippen LogP contribution in [0, 0.1) is 0 Å². The van der Waals surface area contributed by atoms with Gasteiger partial charge in [0.1, 0.15) is 5.69 Å². The number of amides is 1. The normalized spacial score (nSPS) is 24.3. The van der Waals surface area contributed by atoms with Gasteiger partial charge in [-0.05, 0) is 48.7 Å². The molecule has 1 aliphatic heterocycles. The Balaban J connectivity index is 2.20. The Kier molecular flexibility index (Phi) is 4.12. The van der Waals surface area contributed by atoms with E-state index >= 15 is 0 Å². The first-order chi connectivity index (χ1) is 8.52. The molecule has 0 aliphatic carbocycles. The van der Waals surface area contributed by atoms with Crippen LogP contribution in [0.4, 0.5) is 0 Å². The summed E-state index contributed by atoms with van der Waals surface area (Å²) in [5.74, 6) is 0.113. The number of halogens is 1. The molecule has 2 heterocycles. The second-order valence-corrected chi connectivity index (χ2v) is 5.88. The van der Waals surface area contributed by atoms with Crippen molar-refractivity contribution in [1.82, 2.24) is 9.47 Å². The molecule has 2 unspecified atom stereocenters. The Morgan fingerprint density at radius 1 is 1.61 bits per heavy atom. The minimum absolute atomic E-state index is 0.113. The van der Waals surface area contributed by atoms with Gasteiger partial charge in [0.05, 0.1) is 0 Å². The van der Waals surface area contributed by atoms with Gasteiger partial charge in [-0.25, -0.2) is 0 Å². The van der Waals surface area contributed by atoms with E-state index in [1.54, 1.807) is 0 Å². The van der Waals surface area contributed by atoms with Crippen molar-refractivity contribution in [1.29, 1.82) is 0 Å². The molecule has 1 aromatic rings. The van der Waals surface area contributed by atoms with Crippen LogP contribution in [0.15, 0.2) is 16.7 Å². The van der Waals surface area contributed by atoms with Crippen molar-refractivity contribution in [3.05, 3.63) is 22.4 Å². The Morgan fingerprint density at radius 3 is 2.94 bits per heavy atom. The molecule has 4 nitrogen and oxygen atoms in total. The maximum Gasteiger partial charge on any atom is 0.270 e. The molecule has 0 bridgehead atoms. The van der Waals surface area contributed by atoms with Crippen molar-refractivity contribution in [2.75, 3.05) is 6.54 Å². The van der Waals surface area contributed by atoms with Gasteiger partial charge in [-0.15, -0.1) is 0 Å². The fraction of sp³-hybridized carbons (Fsp3) is 0.615. The average molecular weight is 314 g/mol. The minimum atomic E-state index is 0.113. The Labute approximate surface area is 116 Å². The maximum atomic E-state index is 12.6. The monoisotopic (exact) mass is 313 g/mol. The van der Waals surface area contributed by atoms with Crippen molar-refractivity contribution >= 4 is 21.8 Å². The van der Waals surface area contributed by atoms with Crippen LogP contribution in [-0.4, -0.2) is 34.0 Å². The van der Waals surface area contributed by atoms with Gasteiger partial charge in [-0.3, -0.25) is 4.79 Å². The molecule has 1 saturated heterocycles. The number of carbonyl (C=O) groups is 1. The van der Waals surface area contributed by atoms with E-state index in [0.29, 0.717) is 0 Å². The summed E-state index contributed by atoms with van der Waals surface area (Å²) in [5.41, 5.74) is 6.69. The highest BCUT2D eigenvalue weighted by Gasteiger charge is 2.29. The second-order valence-electron chi connectivity index (χ2n) is 4.96. The summed E-state index contributed by atoms with van der Waals surface area (Å²) in [6.45, 7) is 5.67. The number of likely N-dealkylation sites (tertiary alicyclic amines) is 1. The van der Waals surface area contributed by atoms with Crippen molar-refractivity contribution in [2.45, 2.75) is 45.3 Å². The first-order valence-electron chi connectivity index (χ1n) is 6.45. The van der Waals surface area contributed by atoms with Gasteiger partial charge in [-0.1, -0.05) is 0 Å². The van der Waals surface area contributed by atoms with Crippen LogP contribution in [0.1, 0.15) is 37.2 Å². The molecule has 100 valence electrons. The lowest BCUT2D eigenvalue weighted by Crippen LogP contribution is -2.48. The molecule has 1 fully saturated rings. The molecule has 2 N–H and O–H groups in total. The van der Waals surface area contributed by atoms with Gasteiger partial charge in [0.25, 0.3) is 5.91 Å². The van der Waals surface area contributed by atoms with Crippen LogP contribution in [-0.2, 0) is 6.54 Å². The lowest BCUT2D eigenvalue weighted by molar-refractivity contribution is 0.0608. The summed E-state index contributed by atoms with van der Waals surface area (Å²) in [5, 5.41) is 0. The van der Waals surface area contributed by atoms with Gasteiger partial charge in [0, 0.05) is 35.8 Å². The molecule has 1 aromatic heterocycles. The van der Waals surface area contributed by atoms with E-state index in [9.17, 15) is 4.79 Å². The quantitative estimate of drug-likeness (QED) is 0.910.